The highest BCUT2D eigenvalue weighted by Crippen LogP contribution is 2.17. The van der Waals surface area contributed by atoms with E-state index in [9.17, 15) is 9.18 Å². The lowest BCUT2D eigenvalue weighted by Crippen LogP contribution is -2.12. The van der Waals surface area contributed by atoms with Gasteiger partial charge in [-0.15, -0.1) is 16.4 Å². The van der Waals surface area contributed by atoms with Crippen LogP contribution in [0.3, 0.4) is 0 Å². The summed E-state index contributed by atoms with van der Waals surface area (Å²) in [5, 5.41) is 28.1. The van der Waals surface area contributed by atoms with Gasteiger partial charge in [0.05, 0.1) is 5.69 Å². The largest absolute Gasteiger partial charge is 0.465 e. The molecule has 0 radical (unpaired) electrons. The van der Waals surface area contributed by atoms with E-state index >= 15 is 0 Å². The number of amides is 1. The summed E-state index contributed by atoms with van der Waals surface area (Å²) in [5.74, 6) is 0.00330. The molecule has 1 amide bonds. The Bertz CT molecular complexity index is 1000. The molecule has 1 aromatic carbocycles. The molecular weight excluding hydrogens is 377 g/mol. The van der Waals surface area contributed by atoms with E-state index in [1.54, 1.807) is 31.5 Å². The van der Waals surface area contributed by atoms with Crippen LogP contribution in [-0.2, 0) is 18.5 Å². The molecule has 0 atom stereocenters. The predicted molar refractivity (Wildman–Crippen MR) is 94.1 cm³/mol. The first-order valence-corrected chi connectivity index (χ1v) is 8.45. The third-order valence-electron chi connectivity index (χ3n) is 3.40. The zero-order valence-corrected chi connectivity index (χ0v) is 15.1. The zero-order valence-electron chi connectivity index (χ0n) is 14.2. The first-order valence-electron chi connectivity index (χ1n) is 7.57. The van der Waals surface area contributed by atoms with Crippen LogP contribution < -0.4 is 5.32 Å². The Morgan fingerprint density at radius 2 is 2.30 bits per heavy atom. The zero-order chi connectivity index (χ0) is 19.4. The summed E-state index contributed by atoms with van der Waals surface area (Å²) in [6.45, 7) is 1.64. The van der Waals surface area contributed by atoms with Crippen molar-refractivity contribution in [2.24, 2.45) is 12.2 Å². The van der Waals surface area contributed by atoms with Gasteiger partial charge in [0.1, 0.15) is 5.82 Å². The molecule has 10 nitrogen and oxygen atoms in total. The van der Waals surface area contributed by atoms with Crippen LogP contribution in [0, 0.1) is 12.7 Å². The van der Waals surface area contributed by atoms with Crippen LogP contribution in [0.1, 0.15) is 22.6 Å². The fourth-order valence-electron chi connectivity index (χ4n) is 2.13. The van der Waals surface area contributed by atoms with E-state index in [-0.39, 0.29) is 17.6 Å². The van der Waals surface area contributed by atoms with Crippen molar-refractivity contribution in [1.29, 1.82) is 0 Å². The van der Waals surface area contributed by atoms with Crippen molar-refractivity contribution < 1.29 is 19.1 Å². The maximum atomic E-state index is 13.6. The Labute approximate surface area is 156 Å². The van der Waals surface area contributed by atoms with E-state index in [0.29, 0.717) is 28.4 Å². The van der Waals surface area contributed by atoms with Crippen molar-refractivity contribution in [3.63, 3.8) is 0 Å². The second kappa shape index (κ2) is 7.86. The molecule has 0 spiro atoms. The molecule has 0 aliphatic rings. The van der Waals surface area contributed by atoms with Gasteiger partial charge in [0.15, 0.2) is 17.5 Å². The second-order valence-corrected chi connectivity index (χ2v) is 6.24. The number of benzene rings is 1. The molecule has 0 saturated carbocycles. The molecule has 0 fully saturated rings. The Hall–Kier alpha value is -3.41. The van der Waals surface area contributed by atoms with Crippen molar-refractivity contribution in [3.8, 4) is 0 Å². The molecule has 140 valence electrons. The molecule has 0 aliphatic heterocycles. The quantitative estimate of drug-likeness (QED) is 0.487. The van der Waals surface area contributed by atoms with E-state index in [1.807, 2.05) is 0 Å². The second-order valence-electron chi connectivity index (χ2n) is 5.38. The lowest BCUT2D eigenvalue weighted by atomic mass is 10.1. The molecule has 0 aliphatic carbocycles. The predicted octanol–water partition coefficient (Wildman–Crippen LogP) is 2.17. The molecule has 0 bridgehead atoms. The van der Waals surface area contributed by atoms with Gasteiger partial charge < -0.3 is 9.94 Å². The third-order valence-corrected chi connectivity index (χ3v) is 4.20. The van der Waals surface area contributed by atoms with E-state index in [4.69, 9.17) is 9.94 Å². The number of hydrogen-bond donors (Lipinski definition) is 2. The molecule has 2 heterocycles. The number of hydrogen-bond acceptors (Lipinski definition) is 8. The lowest BCUT2D eigenvalue weighted by molar-refractivity contribution is 0.128. The van der Waals surface area contributed by atoms with Crippen LogP contribution in [0.5, 0.6) is 0 Å². The van der Waals surface area contributed by atoms with Crippen LogP contribution in [0.25, 0.3) is 0 Å². The maximum Gasteiger partial charge on any atom is 0.410 e. The molecule has 3 rings (SSSR count). The summed E-state index contributed by atoms with van der Waals surface area (Å²) in [4.78, 5) is 20.0. The number of nitrogens with zero attached hydrogens (tertiary/aromatic N) is 6. The summed E-state index contributed by atoms with van der Waals surface area (Å²) >= 11 is 1.13. The number of carbonyl (C=O) groups is 1. The van der Waals surface area contributed by atoms with Gasteiger partial charge in [0.25, 0.3) is 0 Å². The molecule has 12 heteroatoms. The first kappa shape index (κ1) is 18.4. The smallest absolute Gasteiger partial charge is 0.410 e. The number of halogens is 1. The summed E-state index contributed by atoms with van der Waals surface area (Å²) in [5.41, 5.74) is 1.85. The SMILES string of the molecule is Cc1cc(C(=NOCc2csc(NC(=O)O)n2)c2nnnn2C)ccc1F. The van der Waals surface area contributed by atoms with E-state index < -0.39 is 6.09 Å². The van der Waals surface area contributed by atoms with Crippen LogP contribution in [0.4, 0.5) is 14.3 Å². The van der Waals surface area contributed by atoms with Crippen molar-refractivity contribution in [2.75, 3.05) is 5.32 Å². The monoisotopic (exact) mass is 391 g/mol. The third kappa shape index (κ3) is 4.41. The molecule has 2 aromatic heterocycles. The summed E-state index contributed by atoms with van der Waals surface area (Å²) in [6, 6.07) is 4.50. The van der Waals surface area contributed by atoms with E-state index in [2.05, 4.69) is 31.0 Å². The normalized spacial score (nSPS) is 11.4. The number of tetrazole rings is 1. The van der Waals surface area contributed by atoms with Gasteiger partial charge in [0.2, 0.25) is 5.82 Å². The van der Waals surface area contributed by atoms with Gasteiger partial charge in [0, 0.05) is 18.0 Å². The number of rotatable bonds is 6. The van der Waals surface area contributed by atoms with Crippen LogP contribution in [-0.4, -0.2) is 42.1 Å². The fourth-order valence-corrected chi connectivity index (χ4v) is 2.81. The van der Waals surface area contributed by atoms with Crippen LogP contribution >= 0.6 is 11.3 Å². The minimum atomic E-state index is -1.20. The van der Waals surface area contributed by atoms with Crippen molar-refractivity contribution in [1.82, 2.24) is 25.2 Å². The van der Waals surface area contributed by atoms with Gasteiger partial charge in [-0.25, -0.2) is 18.9 Å². The number of oxime groups is 1. The first-order chi connectivity index (χ1) is 12.9. The summed E-state index contributed by atoms with van der Waals surface area (Å²) < 4.78 is 15.0. The standard InChI is InChI=1S/C15H14FN7O3S/c1-8-5-9(3-4-11(8)16)12(13-19-21-22-23(13)2)20-26-6-10-7-27-14(17-10)18-15(24)25/h3-5,7H,6H2,1-2H3,(H,17,18)(H,24,25). The average molecular weight is 391 g/mol. The number of thiazole rings is 1. The highest BCUT2D eigenvalue weighted by Gasteiger charge is 2.16. The number of carboxylic acid groups (broad SMARTS) is 1. The minimum absolute atomic E-state index is 0.00670. The minimum Gasteiger partial charge on any atom is -0.465 e. The summed E-state index contributed by atoms with van der Waals surface area (Å²) in [6.07, 6.45) is -1.20. The van der Waals surface area contributed by atoms with Gasteiger partial charge in [-0.3, -0.25) is 5.32 Å². The van der Waals surface area contributed by atoms with E-state index in [1.165, 1.54) is 10.7 Å². The van der Waals surface area contributed by atoms with Gasteiger partial charge in [-0.05, 0) is 41.1 Å². The van der Waals surface area contributed by atoms with Gasteiger partial charge in [-0.2, -0.15) is 0 Å². The number of anilines is 1. The Balaban J connectivity index is 1.82. The topological polar surface area (TPSA) is 127 Å². The molecule has 2 N–H and O–H groups in total. The van der Waals surface area contributed by atoms with Crippen molar-refractivity contribution in [3.05, 3.63) is 52.0 Å². The fraction of sp³-hybridized carbons (Fsp3) is 0.200. The van der Waals surface area contributed by atoms with Crippen molar-refractivity contribution in [2.45, 2.75) is 13.5 Å². The van der Waals surface area contributed by atoms with Crippen molar-refractivity contribution >= 4 is 28.3 Å². The summed E-state index contributed by atoms with van der Waals surface area (Å²) in [7, 11) is 1.64. The highest BCUT2D eigenvalue weighted by molar-refractivity contribution is 7.13. The molecule has 0 unspecified atom stereocenters. The molecule has 27 heavy (non-hydrogen) atoms. The number of aromatic nitrogens is 5. The van der Waals surface area contributed by atoms with Gasteiger partial charge in [-0.1, -0.05) is 5.16 Å². The lowest BCUT2D eigenvalue weighted by Gasteiger charge is -2.07. The van der Waals surface area contributed by atoms with E-state index in [0.717, 1.165) is 11.3 Å². The van der Waals surface area contributed by atoms with Crippen LogP contribution in [0.15, 0.2) is 28.7 Å². The average Bonchev–Trinajstić information content (AvgIpc) is 3.23. The Morgan fingerprint density at radius 3 is 2.96 bits per heavy atom. The number of aryl methyl sites for hydroxylation is 2. The Kier molecular flexibility index (Phi) is 5.35. The molecular formula is C15H14FN7O3S. The number of nitrogens with one attached hydrogen (secondary N) is 1. The Morgan fingerprint density at radius 1 is 1.48 bits per heavy atom. The van der Waals surface area contributed by atoms with Crippen LogP contribution in [0.2, 0.25) is 0 Å². The highest BCUT2D eigenvalue weighted by atomic mass is 32.1. The molecule has 3 aromatic rings. The molecule has 0 saturated heterocycles. The maximum absolute atomic E-state index is 13.6. The van der Waals surface area contributed by atoms with Gasteiger partial charge >= 0.3 is 6.09 Å².